The van der Waals surface area contributed by atoms with E-state index in [1.165, 1.54) is 12.1 Å². The largest absolute Gasteiger partial charge is 0.491 e. The molecule has 1 aromatic carbocycles. The van der Waals surface area contributed by atoms with Crippen LogP contribution in [0.1, 0.15) is 37.6 Å². The lowest BCUT2D eigenvalue weighted by atomic mass is 10.2. The van der Waals surface area contributed by atoms with Gasteiger partial charge in [0.1, 0.15) is 5.75 Å². The smallest absolute Gasteiger partial charge is 0.287 e. The number of carbonyl (C=O) groups excluding carboxylic acids is 1. The van der Waals surface area contributed by atoms with Crippen LogP contribution in [0, 0.1) is 0 Å². The van der Waals surface area contributed by atoms with E-state index in [1.54, 1.807) is 19.1 Å². The average molecular weight is 284 g/mol. The van der Waals surface area contributed by atoms with Crippen LogP contribution >= 0.6 is 0 Å². The van der Waals surface area contributed by atoms with Crippen LogP contribution in [0.3, 0.4) is 0 Å². The molecule has 0 spiro atoms. The van der Waals surface area contributed by atoms with E-state index >= 15 is 0 Å². The molecule has 1 aromatic rings. The number of amides is 1. The Morgan fingerprint density at radius 1 is 1.37 bits per heavy atom. The van der Waals surface area contributed by atoms with E-state index < -0.39 is 15.9 Å². The number of hydrogen-bond acceptors (Lipinski definition) is 4. The Hall–Kier alpha value is -1.56. The Morgan fingerprint density at radius 2 is 2.05 bits per heavy atom. The Morgan fingerprint density at radius 3 is 2.63 bits per heavy atom. The summed E-state index contributed by atoms with van der Waals surface area (Å²) in [6.45, 7) is 5.45. The minimum atomic E-state index is -3.68. The van der Waals surface area contributed by atoms with Crippen molar-refractivity contribution in [2.75, 3.05) is 5.75 Å². The summed E-state index contributed by atoms with van der Waals surface area (Å²) >= 11 is 0. The van der Waals surface area contributed by atoms with Gasteiger partial charge < -0.3 is 4.74 Å². The van der Waals surface area contributed by atoms with Crippen LogP contribution < -0.4 is 9.46 Å². The summed E-state index contributed by atoms with van der Waals surface area (Å²) < 4.78 is 31.6. The summed E-state index contributed by atoms with van der Waals surface area (Å²) in [5, 5.41) is 0. The second-order valence-corrected chi connectivity index (χ2v) is 6.13. The van der Waals surface area contributed by atoms with Crippen molar-refractivity contribution in [3.8, 4) is 5.75 Å². The van der Waals surface area contributed by atoms with Crippen LogP contribution in [0.15, 0.2) is 24.3 Å². The molecule has 5 nitrogen and oxygen atoms in total. The number of hydrogen-bond donors (Lipinski definition) is 0. The molecule has 0 bridgehead atoms. The first-order valence-electron chi connectivity index (χ1n) is 6.11. The molecule has 0 aromatic heterocycles. The first-order valence-corrected chi connectivity index (χ1v) is 7.71. The summed E-state index contributed by atoms with van der Waals surface area (Å²) in [7, 11) is -3.68. The highest BCUT2D eigenvalue weighted by atomic mass is 32.2. The molecule has 0 fully saturated rings. The first kappa shape index (κ1) is 15.5. The summed E-state index contributed by atoms with van der Waals surface area (Å²) in [5.41, 5.74) is 0.206. The second kappa shape index (κ2) is 6.56. The van der Waals surface area contributed by atoms with E-state index in [0.29, 0.717) is 12.2 Å². The second-order valence-electron chi connectivity index (χ2n) is 4.38. The summed E-state index contributed by atoms with van der Waals surface area (Å²) in [5.74, 6) is -0.368. The fourth-order valence-electron chi connectivity index (χ4n) is 1.46. The maximum atomic E-state index is 11.8. The Kier molecular flexibility index (Phi) is 5.35. The monoisotopic (exact) mass is 284 g/mol. The molecule has 0 aliphatic heterocycles. The van der Waals surface area contributed by atoms with Crippen molar-refractivity contribution >= 4 is 15.9 Å². The zero-order valence-electron chi connectivity index (χ0n) is 11.3. The van der Waals surface area contributed by atoms with Crippen LogP contribution in [-0.4, -0.2) is 26.2 Å². The van der Waals surface area contributed by atoms with Crippen molar-refractivity contribution in [3.05, 3.63) is 29.8 Å². The Bertz CT molecular complexity index is 537. The molecule has 0 atom stereocenters. The van der Waals surface area contributed by atoms with E-state index in [9.17, 15) is 13.2 Å². The number of carbonyl (C=O) groups is 1. The van der Waals surface area contributed by atoms with Crippen molar-refractivity contribution in [3.63, 3.8) is 0 Å². The van der Waals surface area contributed by atoms with E-state index in [4.69, 9.17) is 4.74 Å². The average Bonchev–Trinajstić information content (AvgIpc) is 2.27. The standard InChI is InChI=1S/C13H18NO4S/c1-4-8-19(16,17)14-13(15)11-6-5-7-12(9-11)18-10(2)3/h5-7,9-10H,4,8H2,1-3H3. The SMILES string of the molecule is CCCS(=O)(=O)[N]C(=O)c1cccc(OC(C)C)c1. The number of benzene rings is 1. The number of nitrogens with zero attached hydrogens (tertiary/aromatic N) is 1. The third-order valence-corrected chi connectivity index (χ3v) is 3.50. The normalized spacial score (nSPS) is 11.4. The lowest BCUT2D eigenvalue weighted by molar-refractivity contribution is 0.0977. The van der Waals surface area contributed by atoms with Crippen molar-refractivity contribution in [1.82, 2.24) is 4.72 Å². The van der Waals surface area contributed by atoms with Gasteiger partial charge in [-0.25, -0.2) is 8.42 Å². The van der Waals surface area contributed by atoms with E-state index in [1.807, 2.05) is 13.8 Å². The molecule has 6 heteroatoms. The molecule has 0 saturated heterocycles. The molecule has 0 saturated carbocycles. The van der Waals surface area contributed by atoms with Crippen LogP contribution in [0.25, 0.3) is 0 Å². The molecular formula is C13H18NO4S. The fraction of sp³-hybridized carbons (Fsp3) is 0.462. The predicted molar refractivity (Wildman–Crippen MR) is 72.7 cm³/mol. The molecule has 105 valence electrons. The summed E-state index contributed by atoms with van der Waals surface area (Å²) in [6, 6.07) is 6.35. The molecular weight excluding hydrogens is 266 g/mol. The number of ether oxygens (including phenoxy) is 1. The fourth-order valence-corrected chi connectivity index (χ4v) is 2.42. The summed E-state index contributed by atoms with van der Waals surface area (Å²) in [6.07, 6.45) is 0.404. The lowest BCUT2D eigenvalue weighted by Gasteiger charge is -2.10. The number of rotatable bonds is 6. The van der Waals surface area contributed by atoms with E-state index in [-0.39, 0.29) is 17.4 Å². The molecule has 0 aliphatic carbocycles. The van der Waals surface area contributed by atoms with Gasteiger partial charge in [0.15, 0.2) is 0 Å². The zero-order valence-corrected chi connectivity index (χ0v) is 12.1. The molecule has 0 N–H and O–H groups in total. The molecule has 0 unspecified atom stereocenters. The van der Waals surface area contributed by atoms with Crippen molar-refractivity contribution in [2.24, 2.45) is 0 Å². The Labute approximate surface area is 114 Å². The molecule has 0 aliphatic rings. The van der Waals surface area contributed by atoms with Gasteiger partial charge in [-0.05, 0) is 38.5 Å². The quantitative estimate of drug-likeness (QED) is 0.800. The molecule has 0 heterocycles. The van der Waals surface area contributed by atoms with Crippen molar-refractivity contribution in [1.29, 1.82) is 0 Å². The maximum absolute atomic E-state index is 11.8. The predicted octanol–water partition coefficient (Wildman–Crippen LogP) is 1.96. The van der Waals surface area contributed by atoms with Crippen LogP contribution in [0.5, 0.6) is 5.75 Å². The van der Waals surface area contributed by atoms with Gasteiger partial charge in [-0.15, -0.1) is 4.72 Å². The van der Waals surface area contributed by atoms with Gasteiger partial charge in [-0.2, -0.15) is 0 Å². The molecule has 1 rings (SSSR count). The van der Waals surface area contributed by atoms with Crippen molar-refractivity contribution in [2.45, 2.75) is 33.3 Å². The molecule has 1 radical (unpaired) electrons. The van der Waals surface area contributed by atoms with Gasteiger partial charge in [0.2, 0.25) is 0 Å². The Balaban J connectivity index is 2.83. The van der Waals surface area contributed by atoms with Gasteiger partial charge in [-0.3, -0.25) is 4.79 Å². The zero-order chi connectivity index (χ0) is 14.5. The third kappa shape index (κ3) is 5.30. The highest BCUT2D eigenvalue weighted by molar-refractivity contribution is 7.89. The topological polar surface area (TPSA) is 74.5 Å². The van der Waals surface area contributed by atoms with Crippen LogP contribution in [0.4, 0.5) is 0 Å². The minimum Gasteiger partial charge on any atom is -0.491 e. The van der Waals surface area contributed by atoms with Gasteiger partial charge in [0.25, 0.3) is 15.9 Å². The molecule has 19 heavy (non-hydrogen) atoms. The summed E-state index contributed by atoms with van der Waals surface area (Å²) in [4.78, 5) is 11.8. The van der Waals surface area contributed by atoms with Crippen LogP contribution in [-0.2, 0) is 10.0 Å². The van der Waals surface area contributed by atoms with E-state index in [2.05, 4.69) is 4.72 Å². The highest BCUT2D eigenvalue weighted by Gasteiger charge is 2.18. The number of sulfonamides is 1. The minimum absolute atomic E-state index is 0.0221. The van der Waals surface area contributed by atoms with E-state index in [0.717, 1.165) is 0 Å². The first-order chi connectivity index (χ1) is 8.84. The van der Waals surface area contributed by atoms with Gasteiger partial charge in [0, 0.05) is 5.56 Å². The van der Waals surface area contributed by atoms with Gasteiger partial charge in [0.05, 0.1) is 11.9 Å². The maximum Gasteiger partial charge on any atom is 0.287 e. The van der Waals surface area contributed by atoms with Crippen LogP contribution in [0.2, 0.25) is 0 Å². The third-order valence-electron chi connectivity index (χ3n) is 2.14. The van der Waals surface area contributed by atoms with Gasteiger partial charge in [-0.1, -0.05) is 13.0 Å². The highest BCUT2D eigenvalue weighted by Crippen LogP contribution is 2.15. The van der Waals surface area contributed by atoms with Gasteiger partial charge >= 0.3 is 0 Å². The molecule has 1 amide bonds. The lowest BCUT2D eigenvalue weighted by Crippen LogP contribution is -2.25. The van der Waals surface area contributed by atoms with Crippen molar-refractivity contribution < 1.29 is 17.9 Å².